The lowest BCUT2D eigenvalue weighted by molar-refractivity contribution is 0.281. The molecule has 106 valence electrons. The minimum absolute atomic E-state index is 0.430. The Balaban J connectivity index is 2.24. The normalized spacial score (nSPS) is 10.4. The molecule has 0 atom stereocenters. The molecule has 2 aromatic carbocycles. The summed E-state index contributed by atoms with van der Waals surface area (Å²) in [5, 5.41) is 0. The number of nitrogens with two attached hydrogens (primary N) is 1. The molecule has 20 heavy (non-hydrogen) atoms. The van der Waals surface area contributed by atoms with E-state index in [2.05, 4.69) is 32.0 Å². The summed E-state index contributed by atoms with van der Waals surface area (Å²) in [7, 11) is 1.64. The van der Waals surface area contributed by atoms with Crippen molar-refractivity contribution in [2.45, 2.75) is 27.0 Å². The summed E-state index contributed by atoms with van der Waals surface area (Å²) in [5.41, 5.74) is 10.3. The predicted molar refractivity (Wildman–Crippen MR) is 81.1 cm³/mol. The minimum Gasteiger partial charge on any atom is -0.493 e. The monoisotopic (exact) mass is 271 g/mol. The molecule has 0 saturated heterocycles. The zero-order chi connectivity index (χ0) is 14.5. The van der Waals surface area contributed by atoms with E-state index in [-0.39, 0.29) is 0 Å². The van der Waals surface area contributed by atoms with E-state index in [9.17, 15) is 0 Å². The van der Waals surface area contributed by atoms with Crippen molar-refractivity contribution < 1.29 is 9.47 Å². The Morgan fingerprint density at radius 2 is 1.85 bits per heavy atom. The maximum Gasteiger partial charge on any atom is 0.166 e. The van der Waals surface area contributed by atoms with Crippen molar-refractivity contribution in [3.63, 3.8) is 0 Å². The molecule has 0 radical (unpaired) electrons. The highest BCUT2D eigenvalue weighted by Gasteiger charge is 2.10. The summed E-state index contributed by atoms with van der Waals surface area (Å²) in [5.74, 6) is 1.46. The van der Waals surface area contributed by atoms with Gasteiger partial charge in [0.2, 0.25) is 0 Å². The van der Waals surface area contributed by atoms with Crippen molar-refractivity contribution in [1.29, 1.82) is 0 Å². The van der Waals surface area contributed by atoms with Gasteiger partial charge in [0.1, 0.15) is 6.61 Å². The third kappa shape index (κ3) is 3.11. The first kappa shape index (κ1) is 14.4. The average molecular weight is 271 g/mol. The van der Waals surface area contributed by atoms with Crippen LogP contribution in [0.15, 0.2) is 36.4 Å². The highest BCUT2D eigenvalue weighted by molar-refractivity contribution is 5.46. The van der Waals surface area contributed by atoms with E-state index in [4.69, 9.17) is 15.2 Å². The molecule has 0 heterocycles. The van der Waals surface area contributed by atoms with Gasteiger partial charge in [-0.15, -0.1) is 0 Å². The lowest BCUT2D eigenvalue weighted by atomic mass is 10.1. The zero-order valence-corrected chi connectivity index (χ0v) is 12.3. The van der Waals surface area contributed by atoms with Crippen molar-refractivity contribution >= 4 is 0 Å². The molecule has 0 aromatic heterocycles. The second kappa shape index (κ2) is 6.44. The Bertz CT molecular complexity index is 571. The van der Waals surface area contributed by atoms with Gasteiger partial charge in [-0.1, -0.05) is 35.9 Å². The van der Waals surface area contributed by atoms with E-state index < -0.39 is 0 Å². The third-order valence-corrected chi connectivity index (χ3v) is 3.38. The lowest BCUT2D eigenvalue weighted by Crippen LogP contribution is -2.05. The summed E-state index contributed by atoms with van der Waals surface area (Å²) in [6.07, 6.45) is 0. The predicted octanol–water partition coefficient (Wildman–Crippen LogP) is 3.35. The molecule has 0 spiro atoms. The van der Waals surface area contributed by atoms with E-state index in [0.717, 1.165) is 17.1 Å². The number of benzene rings is 2. The fraction of sp³-hybridized carbons (Fsp3) is 0.294. The van der Waals surface area contributed by atoms with Crippen LogP contribution in [0.2, 0.25) is 0 Å². The SMILES string of the molecule is COc1cccc(CN)c1OCc1cc(C)ccc1C. The van der Waals surface area contributed by atoms with Crippen molar-refractivity contribution in [3.8, 4) is 11.5 Å². The van der Waals surface area contributed by atoms with Crippen molar-refractivity contribution in [3.05, 3.63) is 58.7 Å². The highest BCUT2D eigenvalue weighted by atomic mass is 16.5. The molecule has 0 amide bonds. The summed E-state index contributed by atoms with van der Waals surface area (Å²) >= 11 is 0. The minimum atomic E-state index is 0.430. The highest BCUT2D eigenvalue weighted by Crippen LogP contribution is 2.31. The standard InChI is InChI=1S/C17H21NO2/c1-12-7-8-13(2)15(9-12)11-20-17-14(10-18)5-4-6-16(17)19-3/h4-9H,10-11,18H2,1-3H3. The maximum atomic E-state index is 5.97. The first-order valence-electron chi connectivity index (χ1n) is 6.70. The Kier molecular flexibility index (Phi) is 4.64. The quantitative estimate of drug-likeness (QED) is 0.907. The number of hydrogen-bond donors (Lipinski definition) is 1. The van der Waals surface area contributed by atoms with Gasteiger partial charge in [-0.3, -0.25) is 0 Å². The molecule has 0 bridgehead atoms. The van der Waals surface area contributed by atoms with Crippen LogP contribution in [-0.4, -0.2) is 7.11 Å². The summed E-state index contributed by atoms with van der Waals surface area (Å²) in [4.78, 5) is 0. The number of para-hydroxylation sites is 1. The topological polar surface area (TPSA) is 44.5 Å². The van der Waals surface area contributed by atoms with Gasteiger partial charge in [-0.25, -0.2) is 0 Å². The number of methoxy groups -OCH3 is 1. The molecule has 2 N–H and O–H groups in total. The molecule has 2 aromatic rings. The number of rotatable bonds is 5. The molecule has 3 heteroatoms. The summed E-state index contributed by atoms with van der Waals surface area (Å²) < 4.78 is 11.3. The number of ether oxygens (including phenoxy) is 2. The summed E-state index contributed by atoms with van der Waals surface area (Å²) in [6, 6.07) is 12.1. The van der Waals surface area contributed by atoms with Gasteiger partial charge in [0, 0.05) is 12.1 Å². The molecule has 0 saturated carbocycles. The van der Waals surface area contributed by atoms with Gasteiger partial charge < -0.3 is 15.2 Å². The second-order valence-corrected chi connectivity index (χ2v) is 4.87. The largest absolute Gasteiger partial charge is 0.493 e. The van der Waals surface area contributed by atoms with Crippen molar-refractivity contribution in [2.24, 2.45) is 5.73 Å². The van der Waals surface area contributed by atoms with Gasteiger partial charge in [-0.2, -0.15) is 0 Å². The van der Waals surface area contributed by atoms with Crippen LogP contribution in [0.4, 0.5) is 0 Å². The van der Waals surface area contributed by atoms with Crippen LogP contribution in [0.1, 0.15) is 22.3 Å². The Morgan fingerprint density at radius 1 is 1.05 bits per heavy atom. The van der Waals surface area contributed by atoms with Gasteiger partial charge in [0.15, 0.2) is 11.5 Å². The van der Waals surface area contributed by atoms with Crippen LogP contribution < -0.4 is 15.2 Å². The van der Waals surface area contributed by atoms with E-state index >= 15 is 0 Å². The van der Waals surface area contributed by atoms with Crippen molar-refractivity contribution in [1.82, 2.24) is 0 Å². The first-order valence-corrected chi connectivity index (χ1v) is 6.70. The summed E-state index contributed by atoms with van der Waals surface area (Å²) in [6.45, 7) is 5.11. The molecule has 2 rings (SSSR count). The molecular formula is C17H21NO2. The molecular weight excluding hydrogens is 250 g/mol. The van der Waals surface area contributed by atoms with E-state index in [0.29, 0.717) is 13.2 Å². The van der Waals surface area contributed by atoms with E-state index in [1.165, 1.54) is 16.7 Å². The molecule has 3 nitrogen and oxygen atoms in total. The smallest absolute Gasteiger partial charge is 0.166 e. The number of aryl methyl sites for hydroxylation is 2. The van der Waals surface area contributed by atoms with Gasteiger partial charge >= 0.3 is 0 Å². The fourth-order valence-corrected chi connectivity index (χ4v) is 2.15. The number of hydrogen-bond acceptors (Lipinski definition) is 3. The van der Waals surface area contributed by atoms with Crippen LogP contribution in [0, 0.1) is 13.8 Å². The van der Waals surface area contributed by atoms with Crippen molar-refractivity contribution in [2.75, 3.05) is 7.11 Å². The maximum absolute atomic E-state index is 5.97. The van der Waals surface area contributed by atoms with E-state index in [1.807, 2.05) is 18.2 Å². The lowest BCUT2D eigenvalue weighted by Gasteiger charge is -2.15. The molecule has 0 aliphatic carbocycles. The Hall–Kier alpha value is -2.00. The van der Waals surface area contributed by atoms with Crippen LogP contribution >= 0.6 is 0 Å². The fourth-order valence-electron chi connectivity index (χ4n) is 2.15. The van der Waals surface area contributed by atoms with E-state index in [1.54, 1.807) is 7.11 Å². The van der Waals surface area contributed by atoms with Gasteiger partial charge in [-0.05, 0) is 31.0 Å². The molecule has 0 fully saturated rings. The first-order chi connectivity index (χ1) is 9.65. The molecule has 0 aliphatic heterocycles. The average Bonchev–Trinajstić information content (AvgIpc) is 2.47. The Morgan fingerprint density at radius 3 is 2.55 bits per heavy atom. The molecule has 0 aliphatic rings. The zero-order valence-electron chi connectivity index (χ0n) is 12.3. The van der Waals surface area contributed by atoms with Crippen LogP contribution in [-0.2, 0) is 13.2 Å². The Labute approximate surface area is 120 Å². The van der Waals surface area contributed by atoms with Crippen LogP contribution in [0.3, 0.4) is 0 Å². The van der Waals surface area contributed by atoms with Gasteiger partial charge in [0.25, 0.3) is 0 Å². The van der Waals surface area contributed by atoms with Crippen LogP contribution in [0.5, 0.6) is 11.5 Å². The molecule has 0 unspecified atom stereocenters. The van der Waals surface area contributed by atoms with Crippen LogP contribution in [0.25, 0.3) is 0 Å². The van der Waals surface area contributed by atoms with Gasteiger partial charge in [0.05, 0.1) is 7.11 Å². The second-order valence-electron chi connectivity index (χ2n) is 4.87. The third-order valence-electron chi connectivity index (χ3n) is 3.38.